The fourth-order valence-electron chi connectivity index (χ4n) is 3.63. The molecule has 0 saturated carbocycles. The number of rotatable bonds is 6. The molecule has 3 heterocycles. The van der Waals surface area contributed by atoms with Crippen LogP contribution in [0.2, 0.25) is 0 Å². The Kier molecular flexibility index (Phi) is 6.74. The number of halogens is 1. The van der Waals surface area contributed by atoms with Crippen LogP contribution in [0, 0.1) is 0 Å². The lowest BCUT2D eigenvalue weighted by molar-refractivity contribution is -0.123. The number of nitrogens with one attached hydrogen (secondary N) is 2. The van der Waals surface area contributed by atoms with Crippen LogP contribution < -0.4 is 10.6 Å². The van der Waals surface area contributed by atoms with Crippen molar-refractivity contribution < 1.29 is 14.3 Å². The van der Waals surface area contributed by atoms with Crippen LogP contribution in [0.25, 0.3) is 0 Å². The molecule has 3 saturated heterocycles. The van der Waals surface area contributed by atoms with E-state index in [1.165, 1.54) is 12.8 Å². The Morgan fingerprint density at radius 1 is 1.24 bits per heavy atom. The average Bonchev–Trinajstić information content (AvgIpc) is 3.05. The summed E-state index contributed by atoms with van der Waals surface area (Å²) < 4.78 is 11.0. The Balaban J connectivity index is 0.00000161. The molecule has 3 fully saturated rings. The Morgan fingerprint density at radius 3 is 2.67 bits per heavy atom. The molecule has 3 unspecified atom stereocenters. The van der Waals surface area contributed by atoms with Crippen molar-refractivity contribution in [3.63, 3.8) is 0 Å². The summed E-state index contributed by atoms with van der Waals surface area (Å²) in [4.78, 5) is 11.9. The number of fused-ring (bicyclic) bond motifs is 2. The smallest absolute Gasteiger partial charge is 0.222 e. The molecule has 3 aliphatic heterocycles. The van der Waals surface area contributed by atoms with Gasteiger partial charge in [-0.05, 0) is 38.5 Å². The zero-order valence-corrected chi connectivity index (χ0v) is 13.3. The third-order valence-electron chi connectivity index (χ3n) is 4.64. The molecule has 0 aromatic rings. The van der Waals surface area contributed by atoms with E-state index in [4.69, 9.17) is 9.47 Å². The van der Waals surface area contributed by atoms with Crippen molar-refractivity contribution in [3.8, 4) is 0 Å². The lowest BCUT2D eigenvalue weighted by Gasteiger charge is -2.29. The summed E-state index contributed by atoms with van der Waals surface area (Å²) in [6.45, 7) is 1.99. The number of ether oxygens (including phenoxy) is 2. The first kappa shape index (κ1) is 17.0. The maximum Gasteiger partial charge on any atom is 0.222 e. The molecule has 1 amide bonds. The van der Waals surface area contributed by atoms with Crippen LogP contribution in [-0.4, -0.2) is 50.0 Å². The van der Waals surface area contributed by atoms with Gasteiger partial charge in [0.1, 0.15) is 0 Å². The minimum atomic E-state index is 0. The lowest BCUT2D eigenvalue weighted by atomic mass is 10.00. The molecule has 2 N–H and O–H groups in total. The van der Waals surface area contributed by atoms with E-state index in [1.807, 2.05) is 0 Å². The molecule has 6 heteroatoms. The lowest BCUT2D eigenvalue weighted by Crippen LogP contribution is -2.48. The zero-order chi connectivity index (χ0) is 13.8. The van der Waals surface area contributed by atoms with Gasteiger partial charge in [0.15, 0.2) is 0 Å². The first-order chi connectivity index (χ1) is 9.79. The van der Waals surface area contributed by atoms with Gasteiger partial charge in [-0.25, -0.2) is 0 Å². The van der Waals surface area contributed by atoms with Crippen molar-refractivity contribution in [3.05, 3.63) is 0 Å². The van der Waals surface area contributed by atoms with Crippen molar-refractivity contribution >= 4 is 18.3 Å². The highest BCUT2D eigenvalue weighted by atomic mass is 35.5. The molecule has 5 nitrogen and oxygen atoms in total. The van der Waals surface area contributed by atoms with Crippen molar-refractivity contribution in [2.45, 2.75) is 69.2 Å². The maximum atomic E-state index is 11.9. The van der Waals surface area contributed by atoms with Gasteiger partial charge in [-0.3, -0.25) is 4.79 Å². The van der Waals surface area contributed by atoms with Crippen LogP contribution in [-0.2, 0) is 14.3 Å². The highest BCUT2D eigenvalue weighted by molar-refractivity contribution is 5.85. The molecule has 3 aliphatic rings. The summed E-state index contributed by atoms with van der Waals surface area (Å²) in [5.74, 6) is 0.128. The minimum absolute atomic E-state index is 0. The number of hydrogen-bond acceptors (Lipinski definition) is 4. The van der Waals surface area contributed by atoms with E-state index < -0.39 is 0 Å². The van der Waals surface area contributed by atoms with E-state index in [2.05, 4.69) is 10.6 Å². The first-order valence-corrected chi connectivity index (χ1v) is 8.04. The second-order valence-corrected chi connectivity index (χ2v) is 6.33. The summed E-state index contributed by atoms with van der Waals surface area (Å²) in [5.41, 5.74) is 0. The van der Waals surface area contributed by atoms with Gasteiger partial charge in [0.25, 0.3) is 0 Å². The monoisotopic (exact) mass is 318 g/mol. The molecule has 0 radical (unpaired) electrons. The fourth-order valence-corrected chi connectivity index (χ4v) is 3.63. The van der Waals surface area contributed by atoms with Gasteiger partial charge in [0.05, 0.1) is 19.3 Å². The number of carbonyl (C=O) groups excluding carboxylic acids is 1. The number of amides is 1. The molecule has 21 heavy (non-hydrogen) atoms. The summed E-state index contributed by atoms with van der Waals surface area (Å²) in [6, 6.07) is 1.60. The maximum absolute atomic E-state index is 11.9. The Bertz CT molecular complexity index is 325. The first-order valence-electron chi connectivity index (χ1n) is 8.04. The van der Waals surface area contributed by atoms with Gasteiger partial charge < -0.3 is 20.1 Å². The van der Waals surface area contributed by atoms with Crippen molar-refractivity contribution in [1.82, 2.24) is 10.6 Å². The van der Waals surface area contributed by atoms with Crippen molar-refractivity contribution in [2.75, 3.05) is 19.8 Å². The van der Waals surface area contributed by atoms with Crippen LogP contribution in [0.15, 0.2) is 0 Å². The van der Waals surface area contributed by atoms with E-state index in [0.29, 0.717) is 37.8 Å². The van der Waals surface area contributed by atoms with Gasteiger partial charge in [0, 0.05) is 31.2 Å². The van der Waals surface area contributed by atoms with Crippen LogP contribution in [0.3, 0.4) is 0 Å². The molecular weight excluding hydrogens is 292 g/mol. The quantitative estimate of drug-likeness (QED) is 0.727. The Labute approximate surface area is 132 Å². The second kappa shape index (κ2) is 8.32. The Morgan fingerprint density at radius 2 is 2.00 bits per heavy atom. The molecule has 0 spiro atoms. The number of carbonyl (C=O) groups is 1. The minimum Gasteiger partial charge on any atom is -0.378 e. The van der Waals surface area contributed by atoms with Crippen LogP contribution in [0.5, 0.6) is 0 Å². The molecule has 3 rings (SSSR count). The molecule has 2 bridgehead atoms. The molecule has 3 atom stereocenters. The van der Waals surface area contributed by atoms with Crippen LogP contribution >= 0.6 is 12.4 Å². The van der Waals surface area contributed by atoms with E-state index in [1.54, 1.807) is 0 Å². The zero-order valence-electron chi connectivity index (χ0n) is 12.5. The van der Waals surface area contributed by atoms with Gasteiger partial charge in [0.2, 0.25) is 5.91 Å². The summed E-state index contributed by atoms with van der Waals surface area (Å²) in [5, 5.41) is 6.75. The topological polar surface area (TPSA) is 59.6 Å². The van der Waals surface area contributed by atoms with Crippen molar-refractivity contribution in [1.29, 1.82) is 0 Å². The van der Waals surface area contributed by atoms with E-state index in [9.17, 15) is 4.79 Å². The standard InChI is InChI=1S/C15H26N2O3.ClH/c18-15(5-7-19-10-14-2-1-6-20-14)17-13-8-11-3-4-12(9-13)16-11;/h11-14,16H,1-10H2,(H,17,18);1H. The molecular formula is C15H27ClN2O3. The van der Waals surface area contributed by atoms with Gasteiger partial charge in [-0.2, -0.15) is 0 Å². The van der Waals surface area contributed by atoms with Crippen LogP contribution in [0.4, 0.5) is 0 Å². The van der Waals surface area contributed by atoms with Crippen molar-refractivity contribution in [2.24, 2.45) is 0 Å². The largest absolute Gasteiger partial charge is 0.378 e. The molecule has 0 aromatic carbocycles. The molecule has 0 aliphatic carbocycles. The van der Waals surface area contributed by atoms with E-state index in [-0.39, 0.29) is 24.4 Å². The van der Waals surface area contributed by atoms with Gasteiger partial charge >= 0.3 is 0 Å². The summed E-state index contributed by atoms with van der Waals surface area (Å²) in [7, 11) is 0. The third-order valence-corrected chi connectivity index (χ3v) is 4.64. The van der Waals surface area contributed by atoms with Gasteiger partial charge in [-0.1, -0.05) is 0 Å². The second-order valence-electron chi connectivity index (χ2n) is 6.33. The SMILES string of the molecule is Cl.O=C(CCOCC1CCCO1)NC1CC2CCC(C1)N2. The Hall–Kier alpha value is -0.360. The summed E-state index contributed by atoms with van der Waals surface area (Å²) in [6.07, 6.45) is 7.63. The average molecular weight is 319 g/mol. The van der Waals surface area contributed by atoms with Crippen LogP contribution in [0.1, 0.15) is 44.9 Å². The third kappa shape index (κ3) is 5.09. The predicted molar refractivity (Wildman–Crippen MR) is 82.8 cm³/mol. The predicted octanol–water partition coefficient (Wildman–Crippen LogP) is 1.39. The highest BCUT2D eigenvalue weighted by Crippen LogP contribution is 2.26. The van der Waals surface area contributed by atoms with E-state index in [0.717, 1.165) is 32.3 Å². The molecule has 122 valence electrons. The fraction of sp³-hybridized carbons (Fsp3) is 0.933. The normalized spacial score (nSPS) is 34.5. The van der Waals surface area contributed by atoms with Gasteiger partial charge in [-0.15, -0.1) is 12.4 Å². The molecule has 0 aromatic heterocycles. The number of piperidine rings is 1. The number of hydrogen-bond donors (Lipinski definition) is 2. The highest BCUT2D eigenvalue weighted by Gasteiger charge is 2.33. The van der Waals surface area contributed by atoms with E-state index >= 15 is 0 Å². The summed E-state index contributed by atoms with van der Waals surface area (Å²) >= 11 is 0.